The number of rotatable bonds is 3. The Balaban J connectivity index is 0.000000447. The van der Waals surface area contributed by atoms with Gasteiger partial charge in [-0.1, -0.05) is 6.07 Å². The van der Waals surface area contributed by atoms with Gasteiger partial charge in [0.15, 0.2) is 0 Å². The van der Waals surface area contributed by atoms with Gasteiger partial charge in [0.25, 0.3) is 0 Å². The Morgan fingerprint density at radius 2 is 2.00 bits per heavy atom. The summed E-state index contributed by atoms with van der Waals surface area (Å²) in [5.74, 6) is 0.0510. The molecule has 0 bridgehead atoms. The lowest BCUT2D eigenvalue weighted by molar-refractivity contribution is 0.0599. The fourth-order valence-electron chi connectivity index (χ4n) is 2.84. The molecule has 1 N–H and O–H groups in total. The Kier molecular flexibility index (Phi) is 5.32. The highest BCUT2D eigenvalue weighted by Crippen LogP contribution is 2.43. The van der Waals surface area contributed by atoms with Crippen LogP contribution in [0.2, 0.25) is 0 Å². The molecule has 1 fully saturated rings. The average molecular weight is 353 g/mol. The Labute approximate surface area is 152 Å². The molecule has 136 valence electrons. The zero-order valence-electron chi connectivity index (χ0n) is 15.2. The van der Waals surface area contributed by atoms with Gasteiger partial charge in [-0.25, -0.2) is 9.48 Å². The monoisotopic (exact) mass is 353 g/mol. The molecule has 1 aromatic carbocycles. The first-order chi connectivity index (χ1) is 12.5. The van der Waals surface area contributed by atoms with Crippen molar-refractivity contribution in [3.05, 3.63) is 54.0 Å². The van der Waals surface area contributed by atoms with Gasteiger partial charge in [0, 0.05) is 23.6 Å². The normalized spacial score (nSPS) is 13.4. The molecule has 0 saturated heterocycles. The number of hydrogen-bond acceptors (Lipinski definition) is 5. The number of hydrogen-bond donors (Lipinski definition) is 1. The van der Waals surface area contributed by atoms with E-state index in [1.165, 1.54) is 7.11 Å². The zero-order valence-corrected chi connectivity index (χ0v) is 15.2. The maximum Gasteiger partial charge on any atom is 0.341 e. The Morgan fingerprint density at radius 1 is 1.27 bits per heavy atom. The maximum atomic E-state index is 12.0. The first-order valence-corrected chi connectivity index (χ1v) is 8.71. The average Bonchev–Trinajstić information content (AvgIpc) is 3.38. The number of methoxy groups -OCH3 is 1. The minimum Gasteiger partial charge on any atom is -0.465 e. The van der Waals surface area contributed by atoms with Gasteiger partial charge in [-0.3, -0.25) is 4.98 Å². The van der Waals surface area contributed by atoms with Crippen molar-refractivity contribution >= 4 is 16.9 Å². The standard InChI is InChI=1S/C17H15N3O2.C3H8O/c1-22-17(21)13-10-19-20(16(13)11-7-8-11)15-6-2-5-14-12(15)4-3-9-18-14;1-3(2)4/h2-6,9-11H,7-8H2,1H3;3-4H,1-2H3. The molecule has 0 unspecified atom stereocenters. The van der Waals surface area contributed by atoms with Crippen LogP contribution in [0.1, 0.15) is 48.7 Å². The summed E-state index contributed by atoms with van der Waals surface area (Å²) in [7, 11) is 1.40. The third kappa shape index (κ3) is 3.75. The summed E-state index contributed by atoms with van der Waals surface area (Å²) < 4.78 is 6.76. The maximum absolute atomic E-state index is 12.0. The lowest BCUT2D eigenvalue weighted by Crippen LogP contribution is -2.07. The molecule has 2 heterocycles. The van der Waals surface area contributed by atoms with Crippen LogP contribution < -0.4 is 0 Å². The van der Waals surface area contributed by atoms with E-state index < -0.39 is 0 Å². The van der Waals surface area contributed by atoms with Gasteiger partial charge < -0.3 is 9.84 Å². The van der Waals surface area contributed by atoms with Crippen LogP contribution in [0, 0.1) is 0 Å². The van der Waals surface area contributed by atoms with Crippen molar-refractivity contribution in [3.63, 3.8) is 0 Å². The van der Waals surface area contributed by atoms with E-state index in [1.807, 2.05) is 35.0 Å². The summed E-state index contributed by atoms with van der Waals surface area (Å²) in [6, 6.07) is 9.87. The minimum absolute atomic E-state index is 0.167. The first-order valence-electron chi connectivity index (χ1n) is 8.71. The van der Waals surface area contributed by atoms with Crippen molar-refractivity contribution in [2.45, 2.75) is 38.7 Å². The van der Waals surface area contributed by atoms with Crippen LogP contribution in [0.15, 0.2) is 42.7 Å². The number of carbonyl (C=O) groups is 1. The quantitative estimate of drug-likeness (QED) is 0.730. The van der Waals surface area contributed by atoms with E-state index in [0.29, 0.717) is 11.5 Å². The van der Waals surface area contributed by atoms with E-state index in [9.17, 15) is 4.79 Å². The molecule has 6 nitrogen and oxygen atoms in total. The van der Waals surface area contributed by atoms with Crippen molar-refractivity contribution in [3.8, 4) is 5.69 Å². The molecule has 1 saturated carbocycles. The van der Waals surface area contributed by atoms with E-state index in [4.69, 9.17) is 9.84 Å². The van der Waals surface area contributed by atoms with Gasteiger partial charge in [0.1, 0.15) is 5.56 Å². The zero-order chi connectivity index (χ0) is 18.7. The number of aliphatic hydroxyl groups excluding tert-OH is 1. The third-order valence-electron chi connectivity index (χ3n) is 4.03. The molecule has 0 atom stereocenters. The number of ether oxygens (including phenoxy) is 1. The molecule has 1 aliphatic rings. The van der Waals surface area contributed by atoms with Gasteiger partial charge in [0.05, 0.1) is 30.2 Å². The van der Waals surface area contributed by atoms with E-state index in [0.717, 1.165) is 35.1 Å². The molecule has 26 heavy (non-hydrogen) atoms. The number of aromatic nitrogens is 3. The predicted octanol–water partition coefficient (Wildman–Crippen LogP) is 3.47. The number of nitrogens with zero attached hydrogens (tertiary/aromatic N) is 3. The molecule has 0 aliphatic heterocycles. The Bertz CT molecular complexity index is 906. The highest BCUT2D eigenvalue weighted by Gasteiger charge is 2.33. The van der Waals surface area contributed by atoms with Gasteiger partial charge >= 0.3 is 5.97 Å². The summed E-state index contributed by atoms with van der Waals surface area (Å²) in [4.78, 5) is 16.4. The summed E-state index contributed by atoms with van der Waals surface area (Å²) in [6.45, 7) is 3.44. The molecular formula is C20H23N3O3. The lowest BCUT2D eigenvalue weighted by atomic mass is 10.1. The topological polar surface area (TPSA) is 77.2 Å². The van der Waals surface area contributed by atoms with Crippen molar-refractivity contribution in [2.24, 2.45) is 0 Å². The molecular weight excluding hydrogens is 330 g/mol. The number of esters is 1. The highest BCUT2D eigenvalue weighted by atomic mass is 16.5. The smallest absolute Gasteiger partial charge is 0.341 e. The predicted molar refractivity (Wildman–Crippen MR) is 99.5 cm³/mol. The summed E-state index contributed by atoms with van der Waals surface area (Å²) >= 11 is 0. The van der Waals surface area contributed by atoms with Crippen LogP contribution in [0.25, 0.3) is 16.6 Å². The second kappa shape index (κ2) is 7.66. The summed E-state index contributed by atoms with van der Waals surface area (Å²) in [5, 5.41) is 13.5. The van der Waals surface area contributed by atoms with Gasteiger partial charge in [0.2, 0.25) is 0 Å². The number of pyridine rings is 1. The van der Waals surface area contributed by atoms with Gasteiger partial charge in [-0.15, -0.1) is 0 Å². The second-order valence-corrected chi connectivity index (χ2v) is 6.56. The van der Waals surface area contributed by atoms with E-state index >= 15 is 0 Å². The van der Waals surface area contributed by atoms with Crippen LogP contribution in [-0.2, 0) is 4.74 Å². The third-order valence-corrected chi connectivity index (χ3v) is 4.03. The minimum atomic E-state index is -0.327. The summed E-state index contributed by atoms with van der Waals surface area (Å²) in [6.07, 6.45) is 5.38. The molecule has 2 aromatic heterocycles. The molecule has 6 heteroatoms. The second-order valence-electron chi connectivity index (χ2n) is 6.56. The largest absolute Gasteiger partial charge is 0.465 e. The van der Waals surface area contributed by atoms with Crippen molar-refractivity contribution < 1.29 is 14.6 Å². The first kappa shape index (κ1) is 18.1. The van der Waals surface area contributed by atoms with Crippen molar-refractivity contribution in [2.75, 3.05) is 7.11 Å². The number of fused-ring (bicyclic) bond motifs is 1. The molecule has 4 rings (SSSR count). The number of benzene rings is 1. The fraction of sp³-hybridized carbons (Fsp3) is 0.350. The molecule has 3 aromatic rings. The number of carbonyl (C=O) groups excluding carboxylic acids is 1. The molecule has 0 amide bonds. The SMILES string of the molecule is CC(C)O.COC(=O)c1cnn(-c2cccc3ncccc23)c1C1CC1. The lowest BCUT2D eigenvalue weighted by Gasteiger charge is -2.10. The summed E-state index contributed by atoms with van der Waals surface area (Å²) in [5.41, 5.74) is 3.37. The van der Waals surface area contributed by atoms with E-state index in [2.05, 4.69) is 10.1 Å². The fourth-order valence-corrected chi connectivity index (χ4v) is 2.84. The van der Waals surface area contributed by atoms with Crippen LogP contribution in [-0.4, -0.2) is 39.1 Å². The van der Waals surface area contributed by atoms with Crippen LogP contribution in [0.4, 0.5) is 0 Å². The molecule has 0 radical (unpaired) electrons. The van der Waals surface area contributed by atoms with Crippen molar-refractivity contribution in [1.82, 2.24) is 14.8 Å². The van der Waals surface area contributed by atoms with Crippen LogP contribution in [0.3, 0.4) is 0 Å². The van der Waals surface area contributed by atoms with Crippen molar-refractivity contribution in [1.29, 1.82) is 0 Å². The molecule has 0 spiro atoms. The molecule has 1 aliphatic carbocycles. The highest BCUT2D eigenvalue weighted by molar-refractivity contribution is 5.92. The van der Waals surface area contributed by atoms with Crippen LogP contribution >= 0.6 is 0 Å². The van der Waals surface area contributed by atoms with E-state index in [1.54, 1.807) is 26.2 Å². The van der Waals surface area contributed by atoms with Crippen LogP contribution in [0.5, 0.6) is 0 Å². The Morgan fingerprint density at radius 3 is 2.65 bits per heavy atom. The Hall–Kier alpha value is -2.73. The van der Waals surface area contributed by atoms with Gasteiger partial charge in [-0.05, 0) is 51.0 Å². The van der Waals surface area contributed by atoms with Gasteiger partial charge in [-0.2, -0.15) is 5.10 Å². The number of aliphatic hydroxyl groups is 1. The van der Waals surface area contributed by atoms with E-state index in [-0.39, 0.29) is 12.1 Å².